The van der Waals surface area contributed by atoms with Crippen LogP contribution in [0.1, 0.15) is 47.4 Å². The van der Waals surface area contributed by atoms with Crippen LogP contribution in [0.15, 0.2) is 65.1 Å². The number of Topliss-reactive ketones (excluding diaryl/α,β-unsaturated/α-hetero) is 1. The van der Waals surface area contributed by atoms with Gasteiger partial charge in [-0.25, -0.2) is 21.6 Å². The fourth-order valence-electron chi connectivity index (χ4n) is 4.66. The van der Waals surface area contributed by atoms with Gasteiger partial charge in [0, 0.05) is 48.0 Å². The summed E-state index contributed by atoms with van der Waals surface area (Å²) in [7, 11) is -3.97. The van der Waals surface area contributed by atoms with E-state index in [2.05, 4.69) is 5.32 Å². The van der Waals surface area contributed by atoms with Gasteiger partial charge in [-0.05, 0) is 54.4 Å². The molecule has 0 saturated heterocycles. The molecule has 4 rings (SSSR count). The maximum atomic E-state index is 13.7. The molecule has 1 aromatic heterocycles. The highest BCUT2D eigenvalue weighted by atomic mass is 32.2. The molecule has 0 unspecified atom stereocenters. The van der Waals surface area contributed by atoms with Crippen LogP contribution in [-0.4, -0.2) is 52.1 Å². The average molecular weight is 619 g/mol. The van der Waals surface area contributed by atoms with Gasteiger partial charge in [0.15, 0.2) is 5.78 Å². The molecule has 1 heterocycles. The monoisotopic (exact) mass is 618 g/mol. The molecule has 0 bridgehead atoms. The maximum absolute atomic E-state index is 13.7. The molecule has 0 aliphatic carbocycles. The Labute approximate surface area is 246 Å². The van der Waals surface area contributed by atoms with Gasteiger partial charge in [0.25, 0.3) is 11.8 Å². The molecule has 3 aromatic carbocycles. The van der Waals surface area contributed by atoms with Crippen molar-refractivity contribution in [3.8, 4) is 22.5 Å². The normalized spacial score (nSPS) is 12.0. The van der Waals surface area contributed by atoms with E-state index in [4.69, 9.17) is 4.42 Å². The van der Waals surface area contributed by atoms with Crippen LogP contribution in [0.25, 0.3) is 33.4 Å². The van der Waals surface area contributed by atoms with E-state index in [1.165, 1.54) is 48.5 Å². The molecule has 0 aliphatic rings. The summed E-state index contributed by atoms with van der Waals surface area (Å²) in [6, 6.07) is 14.2. The lowest BCUT2D eigenvalue weighted by molar-refractivity contribution is 0.0221. The number of amides is 1. The van der Waals surface area contributed by atoms with E-state index in [9.17, 15) is 35.6 Å². The lowest BCUT2D eigenvalue weighted by atomic mass is 9.95. The molecule has 228 valence electrons. The molecule has 0 spiro atoms. The highest BCUT2D eigenvalue weighted by molar-refractivity contribution is 7.92. The van der Waals surface area contributed by atoms with E-state index in [-0.39, 0.29) is 58.9 Å². The minimum absolute atomic E-state index is 0.0338. The van der Waals surface area contributed by atoms with Crippen molar-refractivity contribution in [3.05, 3.63) is 77.6 Å². The number of carbonyl (C=O) groups excluding carboxylic acids is 2. The number of benzene rings is 3. The van der Waals surface area contributed by atoms with Gasteiger partial charge in [0.05, 0.1) is 30.7 Å². The Morgan fingerprint density at radius 1 is 1.02 bits per heavy atom. The van der Waals surface area contributed by atoms with Crippen LogP contribution in [0.3, 0.4) is 0 Å². The summed E-state index contributed by atoms with van der Waals surface area (Å²) in [4.78, 5) is 25.9. The van der Waals surface area contributed by atoms with Gasteiger partial charge in [-0.3, -0.25) is 18.3 Å². The van der Waals surface area contributed by atoms with Gasteiger partial charge < -0.3 is 9.73 Å². The van der Waals surface area contributed by atoms with Crippen molar-refractivity contribution in [3.63, 3.8) is 0 Å². The van der Waals surface area contributed by atoms with Gasteiger partial charge in [0.1, 0.15) is 17.2 Å². The Kier molecular flexibility index (Phi) is 9.29. The molecule has 0 saturated carbocycles. The Morgan fingerprint density at radius 3 is 2.33 bits per heavy atom. The number of sulfonamides is 1. The topological polar surface area (TPSA) is 96.7 Å². The molecule has 0 fully saturated rings. The first-order valence-electron chi connectivity index (χ1n) is 13.4. The first-order valence-corrected chi connectivity index (χ1v) is 15.3. The van der Waals surface area contributed by atoms with Gasteiger partial charge in [-0.1, -0.05) is 19.1 Å². The van der Waals surface area contributed by atoms with E-state index in [0.717, 1.165) is 10.6 Å². The van der Waals surface area contributed by atoms with Crippen LogP contribution in [0.2, 0.25) is 0 Å². The van der Waals surface area contributed by atoms with Crippen LogP contribution >= 0.6 is 0 Å². The predicted octanol–water partition coefficient (Wildman–Crippen LogP) is 7.01. The lowest BCUT2D eigenvalue weighted by Crippen LogP contribution is -2.34. The third-order valence-corrected chi connectivity index (χ3v) is 7.85. The number of hydrogen-bond donors (Lipinski definition) is 1. The van der Waals surface area contributed by atoms with Gasteiger partial charge in [-0.2, -0.15) is 0 Å². The number of ketones is 1. The second-order valence-electron chi connectivity index (χ2n) is 10.2. The first kappa shape index (κ1) is 31.7. The predicted molar refractivity (Wildman–Crippen MR) is 157 cm³/mol. The summed E-state index contributed by atoms with van der Waals surface area (Å²) < 4.78 is 86.6. The number of halogens is 4. The minimum atomic E-state index is -3.97. The Bertz CT molecular complexity index is 1760. The fraction of sp³-hybridized carbons (Fsp3) is 0.290. The molecule has 7 nitrogen and oxygen atoms in total. The van der Waals surface area contributed by atoms with E-state index in [1.807, 2.05) is 0 Å². The van der Waals surface area contributed by atoms with Crippen LogP contribution < -0.4 is 9.62 Å². The Morgan fingerprint density at radius 2 is 1.72 bits per heavy atom. The van der Waals surface area contributed by atoms with Gasteiger partial charge in [-0.15, -0.1) is 0 Å². The third-order valence-electron chi connectivity index (χ3n) is 6.67. The smallest absolute Gasteiger partial charge is 0.262 e. The van der Waals surface area contributed by atoms with Crippen molar-refractivity contribution in [2.45, 2.75) is 32.6 Å². The summed E-state index contributed by atoms with van der Waals surface area (Å²) in [5.41, 5.74) is 1.50. The Balaban J connectivity index is 2.00. The quantitative estimate of drug-likeness (QED) is 0.136. The molecule has 1 N–H and O–H groups in total. The highest BCUT2D eigenvalue weighted by Crippen LogP contribution is 2.42. The molecule has 12 heteroatoms. The van der Waals surface area contributed by atoms with Crippen molar-refractivity contribution in [1.82, 2.24) is 5.32 Å². The van der Waals surface area contributed by atoms with Crippen LogP contribution in [0.5, 0.6) is 0 Å². The molecular formula is C31H30F4N2O5S. The summed E-state index contributed by atoms with van der Waals surface area (Å²) in [6.45, 7) is 0.442. The lowest BCUT2D eigenvalue weighted by Gasteiger charge is -2.25. The van der Waals surface area contributed by atoms with Gasteiger partial charge in [0.2, 0.25) is 10.0 Å². The zero-order chi connectivity index (χ0) is 31.5. The molecule has 0 atom stereocenters. The zero-order valence-electron chi connectivity index (χ0n) is 23.7. The molecule has 4 aromatic rings. The standard InChI is InChI=1S/C31H30F4N2O5S/c1-4-26(38)28-24-16-23(20-7-5-8-21(15-20)30(39)36-18-31(2,34)35)25(37(14-6-13-32)43(3,40)41)17-27(24)42-29(28)19-9-11-22(33)12-10-19/h5,7-12,15-17H,4,6,13-14,18H2,1-3H3,(H,36,39). The fourth-order valence-corrected chi connectivity index (χ4v) is 5.63. The number of alkyl halides is 3. The van der Waals surface area contributed by atoms with Crippen molar-refractivity contribution in [2.24, 2.45) is 0 Å². The van der Waals surface area contributed by atoms with Crippen molar-refractivity contribution in [2.75, 3.05) is 30.3 Å². The Hall–Kier alpha value is -4.19. The zero-order valence-corrected chi connectivity index (χ0v) is 24.5. The first-order chi connectivity index (χ1) is 20.2. The average Bonchev–Trinajstić information content (AvgIpc) is 3.33. The number of nitrogens with one attached hydrogen (secondary N) is 1. The molecular weight excluding hydrogens is 588 g/mol. The van der Waals surface area contributed by atoms with E-state index in [1.54, 1.807) is 19.1 Å². The molecule has 0 radical (unpaired) electrons. The summed E-state index contributed by atoms with van der Waals surface area (Å²) in [5, 5.41) is 2.51. The SMILES string of the molecule is CCC(=O)c1c(-c2ccc(F)cc2)oc2cc(N(CCCF)S(C)(=O)=O)c(-c3cccc(C(=O)NCC(C)(F)F)c3)cc12. The highest BCUT2D eigenvalue weighted by Gasteiger charge is 2.28. The number of rotatable bonds is 12. The second kappa shape index (κ2) is 12.6. The van der Waals surface area contributed by atoms with E-state index >= 15 is 0 Å². The number of anilines is 1. The number of furan rings is 1. The molecule has 1 amide bonds. The largest absolute Gasteiger partial charge is 0.455 e. The number of nitrogens with zero attached hydrogens (tertiary/aromatic N) is 1. The van der Waals surface area contributed by atoms with Crippen LogP contribution in [-0.2, 0) is 10.0 Å². The number of carbonyl (C=O) groups is 2. The molecule has 0 aliphatic heterocycles. The summed E-state index contributed by atoms with van der Waals surface area (Å²) in [5.74, 6) is -4.52. The molecule has 43 heavy (non-hydrogen) atoms. The number of fused-ring (bicyclic) bond motifs is 1. The number of hydrogen-bond acceptors (Lipinski definition) is 5. The summed E-state index contributed by atoms with van der Waals surface area (Å²) >= 11 is 0. The van der Waals surface area contributed by atoms with E-state index in [0.29, 0.717) is 23.4 Å². The van der Waals surface area contributed by atoms with Crippen LogP contribution in [0, 0.1) is 5.82 Å². The van der Waals surface area contributed by atoms with Gasteiger partial charge >= 0.3 is 0 Å². The van der Waals surface area contributed by atoms with Crippen molar-refractivity contribution in [1.29, 1.82) is 0 Å². The van der Waals surface area contributed by atoms with Crippen LogP contribution in [0.4, 0.5) is 23.2 Å². The maximum Gasteiger partial charge on any atom is 0.262 e. The summed E-state index contributed by atoms with van der Waals surface area (Å²) in [6.07, 6.45) is 0.951. The third kappa shape index (κ3) is 7.24. The minimum Gasteiger partial charge on any atom is -0.455 e. The van der Waals surface area contributed by atoms with Crippen molar-refractivity contribution < 1.29 is 40.0 Å². The van der Waals surface area contributed by atoms with Crippen molar-refractivity contribution >= 4 is 38.4 Å². The van der Waals surface area contributed by atoms with E-state index < -0.39 is 40.9 Å². The second-order valence-corrected chi connectivity index (χ2v) is 12.1.